The highest BCUT2D eigenvalue weighted by Crippen LogP contribution is 2.45. The quantitative estimate of drug-likeness (QED) is 0.161. The van der Waals surface area contributed by atoms with Crippen molar-refractivity contribution in [3.63, 3.8) is 0 Å². The minimum atomic E-state index is 0.618. The van der Waals surface area contributed by atoms with Crippen LogP contribution in [0.3, 0.4) is 0 Å². The van der Waals surface area contributed by atoms with E-state index in [1.54, 1.807) is 0 Å². The number of fused-ring (bicyclic) bond motifs is 6. The summed E-state index contributed by atoms with van der Waals surface area (Å²) in [5.41, 5.74) is 11.9. The van der Waals surface area contributed by atoms with E-state index in [1.165, 1.54) is 57.0 Å². The molecule has 3 aromatic heterocycles. The van der Waals surface area contributed by atoms with Crippen LogP contribution in [-0.2, 0) is 0 Å². The van der Waals surface area contributed by atoms with Gasteiger partial charge < -0.3 is 0 Å². The van der Waals surface area contributed by atoms with Gasteiger partial charge in [0.25, 0.3) is 0 Å². The van der Waals surface area contributed by atoms with E-state index in [9.17, 15) is 0 Å². The van der Waals surface area contributed by atoms with E-state index in [4.69, 9.17) is 15.0 Å². The van der Waals surface area contributed by atoms with Crippen molar-refractivity contribution in [2.45, 2.75) is 0 Å². The molecule has 3 nitrogen and oxygen atoms in total. The first-order chi connectivity index (χ1) is 30.7. The molecule has 0 atom stereocenters. The van der Waals surface area contributed by atoms with E-state index in [-0.39, 0.29) is 0 Å². The first-order valence-corrected chi connectivity index (χ1v) is 22.4. The molecule has 0 saturated heterocycles. The lowest BCUT2D eigenvalue weighted by molar-refractivity contribution is 1.07. The van der Waals surface area contributed by atoms with Crippen molar-refractivity contribution in [3.8, 4) is 78.7 Å². The van der Waals surface area contributed by atoms with Crippen LogP contribution in [0.25, 0.3) is 119 Å². The van der Waals surface area contributed by atoms with Crippen LogP contribution >= 0.6 is 22.7 Å². The molecule has 9 aromatic carbocycles. The van der Waals surface area contributed by atoms with Gasteiger partial charge in [-0.1, -0.05) is 170 Å². The first kappa shape index (κ1) is 36.3. The molecule has 0 bridgehead atoms. The third-order valence-electron chi connectivity index (χ3n) is 11.8. The maximum absolute atomic E-state index is 5.41. The summed E-state index contributed by atoms with van der Waals surface area (Å²) in [4.78, 5) is 16.0. The summed E-state index contributed by atoms with van der Waals surface area (Å²) in [5.74, 6) is 1.87. The molecule has 0 aliphatic rings. The van der Waals surface area contributed by atoms with Gasteiger partial charge in [0.05, 0.1) is 0 Å². The largest absolute Gasteiger partial charge is 0.208 e. The Morgan fingerprint density at radius 1 is 0.242 bits per heavy atom. The number of benzene rings is 9. The third kappa shape index (κ3) is 6.38. The summed E-state index contributed by atoms with van der Waals surface area (Å²) in [7, 11) is 0. The monoisotopic (exact) mass is 825 g/mol. The SMILES string of the molecule is c1ccc(-c2ccc(-c3nc(-c4cc(-c5cccc6sc7ccccc7c56)cc(-c5cccc6sc7ccccc7c56)c4)nc(-c4ccccc4-c4ccccc4)n3)cc2)cc1. The van der Waals surface area contributed by atoms with Gasteiger partial charge in [-0.2, -0.15) is 0 Å². The highest BCUT2D eigenvalue weighted by Gasteiger charge is 2.20. The maximum Gasteiger partial charge on any atom is 0.164 e. The fourth-order valence-corrected chi connectivity index (χ4v) is 11.1. The van der Waals surface area contributed by atoms with Crippen molar-refractivity contribution >= 4 is 63.0 Å². The predicted octanol–water partition coefficient (Wildman–Crippen LogP) is 16.3. The summed E-state index contributed by atoms with van der Waals surface area (Å²) in [6.07, 6.45) is 0. The first-order valence-electron chi connectivity index (χ1n) is 20.8. The molecule has 0 N–H and O–H groups in total. The number of nitrogens with zero attached hydrogens (tertiary/aromatic N) is 3. The van der Waals surface area contributed by atoms with Crippen LogP contribution in [-0.4, -0.2) is 15.0 Å². The maximum atomic E-state index is 5.41. The number of rotatable bonds is 7. The summed E-state index contributed by atoms with van der Waals surface area (Å²) in [6, 6.07) is 75.7. The molecule has 12 aromatic rings. The van der Waals surface area contributed by atoms with Crippen LogP contribution in [0.15, 0.2) is 212 Å². The Labute approximate surface area is 366 Å². The minimum Gasteiger partial charge on any atom is -0.208 e. The molecule has 12 rings (SSSR count). The molecule has 0 aliphatic carbocycles. The fraction of sp³-hybridized carbons (Fsp3) is 0. The molecule has 0 fully saturated rings. The van der Waals surface area contributed by atoms with Crippen LogP contribution in [0, 0.1) is 0 Å². The van der Waals surface area contributed by atoms with Crippen molar-refractivity contribution in [1.29, 1.82) is 0 Å². The lowest BCUT2D eigenvalue weighted by Crippen LogP contribution is -2.01. The zero-order valence-corrected chi connectivity index (χ0v) is 35.0. The summed E-state index contributed by atoms with van der Waals surface area (Å²) in [6.45, 7) is 0. The van der Waals surface area contributed by atoms with E-state index < -0.39 is 0 Å². The lowest BCUT2D eigenvalue weighted by Gasteiger charge is -2.15. The van der Waals surface area contributed by atoms with Gasteiger partial charge in [0.2, 0.25) is 0 Å². The van der Waals surface area contributed by atoms with Crippen LogP contribution in [0.1, 0.15) is 0 Å². The van der Waals surface area contributed by atoms with Gasteiger partial charge >= 0.3 is 0 Å². The predicted molar refractivity (Wildman–Crippen MR) is 264 cm³/mol. The number of hydrogen-bond donors (Lipinski definition) is 0. The van der Waals surface area contributed by atoms with Gasteiger partial charge in [0.15, 0.2) is 17.5 Å². The molecular weight excluding hydrogens is 791 g/mol. The van der Waals surface area contributed by atoms with Gasteiger partial charge in [-0.25, -0.2) is 15.0 Å². The second-order valence-electron chi connectivity index (χ2n) is 15.5. The number of aromatic nitrogens is 3. The standard InChI is InChI=1S/C57H35N3S2/c1-3-15-36(16-4-1)37-29-31-39(32-30-37)55-58-56(60-57(59-55)46-20-8-7-19-43(46)38-17-5-2-6-18-38)42-34-40(44-23-13-27-51-53(44)47-21-9-11-25-49(47)61-51)33-41(35-42)45-24-14-28-52-54(45)48-22-10-12-26-50(48)62-52/h1-35H. The third-order valence-corrected chi connectivity index (χ3v) is 14.0. The molecule has 0 amide bonds. The Morgan fingerprint density at radius 2 is 0.645 bits per heavy atom. The Morgan fingerprint density at radius 3 is 1.24 bits per heavy atom. The zero-order chi connectivity index (χ0) is 41.0. The zero-order valence-electron chi connectivity index (χ0n) is 33.4. The highest BCUT2D eigenvalue weighted by molar-refractivity contribution is 7.26. The van der Waals surface area contributed by atoms with E-state index in [2.05, 4.69) is 200 Å². The lowest BCUT2D eigenvalue weighted by atomic mass is 9.92. The molecule has 0 spiro atoms. The molecule has 0 saturated carbocycles. The fourth-order valence-electron chi connectivity index (χ4n) is 8.84. The molecule has 3 heterocycles. The van der Waals surface area contributed by atoms with E-state index >= 15 is 0 Å². The second-order valence-corrected chi connectivity index (χ2v) is 17.7. The summed E-state index contributed by atoms with van der Waals surface area (Å²) in [5, 5.41) is 5.06. The summed E-state index contributed by atoms with van der Waals surface area (Å²) < 4.78 is 5.09. The van der Waals surface area contributed by atoms with Crippen molar-refractivity contribution in [2.75, 3.05) is 0 Å². The topological polar surface area (TPSA) is 38.7 Å². The molecular formula is C57H35N3S2. The van der Waals surface area contributed by atoms with Crippen molar-refractivity contribution in [2.24, 2.45) is 0 Å². The smallest absolute Gasteiger partial charge is 0.164 e. The van der Waals surface area contributed by atoms with Gasteiger partial charge in [-0.3, -0.25) is 0 Å². The Hall–Kier alpha value is -7.57. The van der Waals surface area contributed by atoms with Gasteiger partial charge in [0, 0.05) is 57.0 Å². The van der Waals surface area contributed by atoms with Crippen LogP contribution in [0.5, 0.6) is 0 Å². The highest BCUT2D eigenvalue weighted by atomic mass is 32.1. The normalized spacial score (nSPS) is 11.5. The minimum absolute atomic E-state index is 0.618. The summed E-state index contributed by atoms with van der Waals surface area (Å²) >= 11 is 3.69. The molecule has 62 heavy (non-hydrogen) atoms. The van der Waals surface area contributed by atoms with Gasteiger partial charge in [0.1, 0.15) is 0 Å². The molecule has 5 heteroatoms. The van der Waals surface area contributed by atoms with Crippen molar-refractivity contribution < 1.29 is 0 Å². The Balaban J connectivity index is 1.12. The van der Waals surface area contributed by atoms with E-state index in [0.29, 0.717) is 17.5 Å². The molecule has 0 radical (unpaired) electrons. The Kier molecular flexibility index (Phi) is 8.87. The average Bonchev–Trinajstić information content (AvgIpc) is 3.93. The van der Waals surface area contributed by atoms with Gasteiger partial charge in [-0.15, -0.1) is 22.7 Å². The molecule has 290 valence electrons. The van der Waals surface area contributed by atoms with Crippen LogP contribution < -0.4 is 0 Å². The van der Waals surface area contributed by atoms with Crippen LogP contribution in [0.4, 0.5) is 0 Å². The van der Waals surface area contributed by atoms with E-state index in [0.717, 1.165) is 44.5 Å². The van der Waals surface area contributed by atoms with Crippen LogP contribution in [0.2, 0.25) is 0 Å². The van der Waals surface area contributed by atoms with Gasteiger partial charge in [-0.05, 0) is 87.0 Å². The van der Waals surface area contributed by atoms with Crippen molar-refractivity contribution in [1.82, 2.24) is 15.0 Å². The average molecular weight is 826 g/mol. The number of hydrogen-bond acceptors (Lipinski definition) is 5. The molecule has 0 aliphatic heterocycles. The molecule has 0 unspecified atom stereocenters. The number of thiophene rings is 2. The Bertz CT molecular complexity index is 3490. The second kappa shape index (κ2) is 15.2. The van der Waals surface area contributed by atoms with E-state index in [1.807, 2.05) is 34.8 Å². The van der Waals surface area contributed by atoms with Crippen molar-refractivity contribution in [3.05, 3.63) is 212 Å².